The van der Waals surface area contributed by atoms with Gasteiger partial charge in [0.05, 0.1) is 0 Å². The number of carbonyl (C=O) groups excluding carboxylic acids is 1. The maximum atomic E-state index is 12.1. The first-order valence-electron chi connectivity index (χ1n) is 6.47. The molecule has 1 aromatic heterocycles. The van der Waals surface area contributed by atoms with Crippen LogP contribution in [0.25, 0.3) is 0 Å². The van der Waals surface area contributed by atoms with Crippen molar-refractivity contribution in [2.24, 2.45) is 0 Å². The molecule has 2 rings (SSSR count). The van der Waals surface area contributed by atoms with Crippen LogP contribution in [0.4, 0.5) is 0 Å². The summed E-state index contributed by atoms with van der Waals surface area (Å²) in [5.74, 6) is 0.494. The Balaban J connectivity index is 2.25. The van der Waals surface area contributed by atoms with E-state index >= 15 is 0 Å². The van der Waals surface area contributed by atoms with Crippen molar-refractivity contribution in [1.29, 1.82) is 0 Å². The summed E-state index contributed by atoms with van der Waals surface area (Å²) in [6, 6.07) is 0.324. The van der Waals surface area contributed by atoms with Crippen LogP contribution in [0.2, 0.25) is 0 Å². The average Bonchev–Trinajstić information content (AvgIpc) is 3.07. The third-order valence-corrected chi connectivity index (χ3v) is 4.52. The number of halogens is 1. The van der Waals surface area contributed by atoms with Gasteiger partial charge in [-0.15, -0.1) is 0 Å². The van der Waals surface area contributed by atoms with Crippen LogP contribution in [-0.2, 0) is 20.4 Å². The molecule has 1 amide bonds. The molecule has 0 saturated heterocycles. The van der Waals surface area contributed by atoms with Gasteiger partial charge in [-0.2, -0.15) is 0 Å². The van der Waals surface area contributed by atoms with E-state index in [0.29, 0.717) is 11.9 Å². The molecule has 6 nitrogen and oxygen atoms in total. The lowest BCUT2D eigenvalue weighted by atomic mass is 10.2. The first-order valence-corrected chi connectivity index (χ1v) is 8.78. The predicted molar refractivity (Wildman–Crippen MR) is 75.1 cm³/mol. The minimum atomic E-state index is -3.88. The summed E-state index contributed by atoms with van der Waals surface area (Å²) in [4.78, 5) is 17.9. The van der Waals surface area contributed by atoms with Crippen LogP contribution in [-0.4, -0.2) is 41.9 Å². The third-order valence-electron chi connectivity index (χ3n) is 3.35. The van der Waals surface area contributed by atoms with Crippen LogP contribution >= 0.6 is 10.7 Å². The van der Waals surface area contributed by atoms with Gasteiger partial charge in [-0.05, 0) is 12.8 Å². The maximum Gasteiger partial charge on any atom is 0.280 e. The maximum absolute atomic E-state index is 12.1. The Bertz CT molecular complexity index is 620. The Kier molecular flexibility index (Phi) is 4.11. The number of aromatic nitrogens is 2. The van der Waals surface area contributed by atoms with Gasteiger partial charge in [0.1, 0.15) is 12.4 Å². The summed E-state index contributed by atoms with van der Waals surface area (Å²) < 4.78 is 24.3. The summed E-state index contributed by atoms with van der Waals surface area (Å²) in [7, 11) is 3.20. The molecule has 1 aromatic rings. The molecule has 1 aliphatic carbocycles. The summed E-state index contributed by atoms with van der Waals surface area (Å²) in [5.41, 5.74) is 0. The zero-order chi connectivity index (χ0) is 15.1. The Morgan fingerprint density at radius 2 is 2.15 bits per heavy atom. The largest absolute Gasteiger partial charge is 0.341 e. The van der Waals surface area contributed by atoms with Crippen molar-refractivity contribution in [3.63, 3.8) is 0 Å². The highest BCUT2D eigenvalue weighted by atomic mass is 35.7. The highest BCUT2D eigenvalue weighted by Gasteiger charge is 2.30. The standard InChI is InChI=1S/C12H18ClN3O3S/c1-8(2)12-14-10(20(13,18)19)6-16(12)7-11(17)15(3)9-4-5-9/h6,8-9H,4-5,7H2,1-3H3. The van der Waals surface area contributed by atoms with E-state index in [1.165, 1.54) is 6.20 Å². The number of rotatable bonds is 5. The van der Waals surface area contributed by atoms with Crippen molar-refractivity contribution in [1.82, 2.24) is 14.5 Å². The molecule has 1 heterocycles. The predicted octanol–water partition coefficient (Wildman–Crippen LogP) is 1.55. The average molecular weight is 320 g/mol. The van der Waals surface area contributed by atoms with Gasteiger partial charge in [0.25, 0.3) is 9.05 Å². The SMILES string of the molecule is CC(C)c1nc(S(=O)(=O)Cl)cn1CC(=O)N(C)C1CC1. The van der Waals surface area contributed by atoms with Crippen LogP contribution in [0.5, 0.6) is 0 Å². The second-order valence-electron chi connectivity index (χ2n) is 5.39. The second-order valence-corrected chi connectivity index (χ2v) is 7.91. The van der Waals surface area contributed by atoms with Crippen LogP contribution in [0, 0.1) is 0 Å². The molecular formula is C12H18ClN3O3S. The number of amides is 1. The van der Waals surface area contributed by atoms with Gasteiger partial charge < -0.3 is 9.47 Å². The number of likely N-dealkylation sites (N-methyl/N-ethyl adjacent to an activating group) is 1. The van der Waals surface area contributed by atoms with Gasteiger partial charge in [-0.25, -0.2) is 13.4 Å². The number of nitrogens with zero attached hydrogens (tertiary/aromatic N) is 3. The molecule has 0 radical (unpaired) electrons. The Hall–Kier alpha value is -1.08. The molecule has 0 bridgehead atoms. The van der Waals surface area contributed by atoms with E-state index in [1.54, 1.807) is 16.5 Å². The fraction of sp³-hybridized carbons (Fsp3) is 0.667. The molecule has 0 atom stereocenters. The van der Waals surface area contributed by atoms with Crippen molar-refractivity contribution in [3.8, 4) is 0 Å². The van der Waals surface area contributed by atoms with E-state index in [9.17, 15) is 13.2 Å². The Morgan fingerprint density at radius 3 is 2.60 bits per heavy atom. The monoisotopic (exact) mass is 319 g/mol. The van der Waals surface area contributed by atoms with E-state index in [0.717, 1.165) is 12.8 Å². The van der Waals surface area contributed by atoms with E-state index in [2.05, 4.69) is 4.98 Å². The summed E-state index contributed by atoms with van der Waals surface area (Å²) in [6.07, 6.45) is 3.39. The first-order chi connectivity index (χ1) is 9.20. The lowest BCUT2D eigenvalue weighted by Crippen LogP contribution is -2.32. The molecule has 0 aromatic carbocycles. The van der Waals surface area contributed by atoms with Crippen molar-refractivity contribution in [3.05, 3.63) is 12.0 Å². The minimum Gasteiger partial charge on any atom is -0.341 e. The molecule has 112 valence electrons. The molecule has 0 unspecified atom stereocenters. The smallest absolute Gasteiger partial charge is 0.280 e. The highest BCUT2D eigenvalue weighted by Crippen LogP contribution is 2.26. The lowest BCUT2D eigenvalue weighted by Gasteiger charge is -2.17. The summed E-state index contributed by atoms with van der Waals surface area (Å²) in [6.45, 7) is 3.86. The topological polar surface area (TPSA) is 72.3 Å². The molecule has 0 aliphatic heterocycles. The van der Waals surface area contributed by atoms with Crippen LogP contribution in [0.15, 0.2) is 11.2 Å². The Morgan fingerprint density at radius 1 is 1.55 bits per heavy atom. The van der Waals surface area contributed by atoms with Crippen molar-refractivity contribution < 1.29 is 13.2 Å². The fourth-order valence-corrected chi connectivity index (χ4v) is 2.71. The Labute approximate surface area is 123 Å². The van der Waals surface area contributed by atoms with Gasteiger partial charge in [0.2, 0.25) is 5.91 Å². The van der Waals surface area contributed by atoms with Gasteiger partial charge >= 0.3 is 0 Å². The fourth-order valence-electron chi connectivity index (χ4n) is 2.03. The van der Waals surface area contributed by atoms with Gasteiger partial charge in [-0.3, -0.25) is 4.79 Å². The number of hydrogen-bond donors (Lipinski definition) is 0. The molecule has 1 saturated carbocycles. The van der Waals surface area contributed by atoms with Gasteiger partial charge in [-0.1, -0.05) is 13.8 Å². The van der Waals surface area contributed by atoms with E-state index < -0.39 is 9.05 Å². The first kappa shape index (κ1) is 15.3. The molecule has 0 N–H and O–H groups in total. The van der Waals surface area contributed by atoms with Crippen molar-refractivity contribution >= 4 is 25.6 Å². The number of hydrogen-bond acceptors (Lipinski definition) is 4. The van der Waals surface area contributed by atoms with Gasteiger partial charge in [0, 0.05) is 35.9 Å². The van der Waals surface area contributed by atoms with Crippen LogP contribution in [0.1, 0.15) is 38.4 Å². The number of imidazole rings is 1. The van der Waals surface area contributed by atoms with Crippen LogP contribution in [0.3, 0.4) is 0 Å². The van der Waals surface area contributed by atoms with E-state index in [-0.39, 0.29) is 23.4 Å². The van der Waals surface area contributed by atoms with Crippen LogP contribution < -0.4 is 0 Å². The zero-order valence-electron chi connectivity index (χ0n) is 11.7. The minimum absolute atomic E-state index is 0.00111. The molecule has 1 aliphatic rings. The van der Waals surface area contributed by atoms with Crippen molar-refractivity contribution in [2.75, 3.05) is 7.05 Å². The summed E-state index contributed by atoms with van der Waals surface area (Å²) in [5, 5.41) is -0.204. The van der Waals surface area contributed by atoms with Crippen molar-refractivity contribution in [2.45, 2.75) is 50.2 Å². The van der Waals surface area contributed by atoms with E-state index in [4.69, 9.17) is 10.7 Å². The van der Waals surface area contributed by atoms with Gasteiger partial charge in [0.15, 0.2) is 5.03 Å². The third kappa shape index (κ3) is 3.32. The molecule has 1 fully saturated rings. The highest BCUT2D eigenvalue weighted by molar-refractivity contribution is 8.13. The molecule has 8 heteroatoms. The summed E-state index contributed by atoms with van der Waals surface area (Å²) >= 11 is 0. The second kappa shape index (κ2) is 5.37. The molecule has 0 spiro atoms. The number of carbonyl (C=O) groups is 1. The molecule has 20 heavy (non-hydrogen) atoms. The quantitative estimate of drug-likeness (QED) is 0.772. The molecular weight excluding hydrogens is 302 g/mol. The lowest BCUT2D eigenvalue weighted by molar-refractivity contribution is -0.131. The zero-order valence-corrected chi connectivity index (χ0v) is 13.3. The van der Waals surface area contributed by atoms with E-state index in [1.807, 2.05) is 13.8 Å². The normalized spacial score (nSPS) is 15.7.